The van der Waals surface area contributed by atoms with Crippen LogP contribution in [0, 0.1) is 0 Å². The topological polar surface area (TPSA) is 120 Å². The van der Waals surface area contributed by atoms with Crippen LogP contribution in [0.5, 0.6) is 0 Å². The van der Waals surface area contributed by atoms with E-state index >= 15 is 0 Å². The van der Waals surface area contributed by atoms with Gasteiger partial charge in [0.15, 0.2) is 11.5 Å². The maximum Gasteiger partial charge on any atom is 0.318 e. The fraction of sp³-hybridized carbons (Fsp3) is 0.486. The third kappa shape index (κ3) is 7.08. The number of hydrogen-bond acceptors (Lipinski definition) is 7. The molecule has 1 aliphatic carbocycles. The highest BCUT2D eigenvalue weighted by Crippen LogP contribution is 2.33. The molecule has 10 nitrogen and oxygen atoms in total. The number of anilines is 3. The van der Waals surface area contributed by atoms with Crippen molar-refractivity contribution in [1.82, 2.24) is 25.1 Å². The Labute approximate surface area is 277 Å². The van der Waals surface area contributed by atoms with Gasteiger partial charge < -0.3 is 31.1 Å². The number of aromatic nitrogens is 2. The van der Waals surface area contributed by atoms with Gasteiger partial charge in [0.1, 0.15) is 5.82 Å². The van der Waals surface area contributed by atoms with Crippen molar-refractivity contribution in [2.45, 2.75) is 82.5 Å². The van der Waals surface area contributed by atoms with Crippen LogP contribution in [0.15, 0.2) is 54.7 Å². The molecule has 2 aromatic carbocycles. The molecule has 0 spiro atoms. The number of carbonyl (C=O) groups is 2. The number of amides is 3. The molecule has 4 aliphatic rings. The Kier molecular flexibility index (Phi) is 9.94. The molecule has 1 aromatic heterocycles. The third-order valence-electron chi connectivity index (χ3n) is 10.2. The summed E-state index contributed by atoms with van der Waals surface area (Å²) in [5, 5.41) is 6.54. The summed E-state index contributed by atoms with van der Waals surface area (Å²) < 4.78 is 0. The number of nitrogens with two attached hydrogens (primary N) is 1. The predicted octanol–water partition coefficient (Wildman–Crippen LogP) is 5.56. The van der Waals surface area contributed by atoms with Gasteiger partial charge in [0, 0.05) is 44.0 Å². The van der Waals surface area contributed by atoms with Crippen LogP contribution in [0.4, 0.5) is 22.1 Å². The zero-order valence-electron chi connectivity index (χ0n) is 26.4. The molecule has 3 aliphatic heterocycles. The summed E-state index contributed by atoms with van der Waals surface area (Å²) in [5.41, 5.74) is 10.4. The number of benzene rings is 2. The second kappa shape index (κ2) is 14.3. The first-order valence-corrected chi connectivity index (χ1v) is 16.7. The molecule has 244 valence electrons. The van der Waals surface area contributed by atoms with Crippen LogP contribution in [-0.4, -0.2) is 70.0 Å². The van der Waals surface area contributed by atoms with Crippen molar-refractivity contribution in [2.24, 2.45) is 5.73 Å². The maximum absolute atomic E-state index is 13.1. The fourth-order valence-electron chi connectivity index (χ4n) is 7.69. The molecule has 0 bridgehead atoms. The first-order chi connectivity index (χ1) is 22.0. The number of nitrogens with zero attached hydrogens (tertiary/aromatic N) is 5. The van der Waals surface area contributed by atoms with Crippen molar-refractivity contribution in [3.63, 3.8) is 0 Å². The summed E-state index contributed by atoms with van der Waals surface area (Å²) in [4.78, 5) is 41.3. The van der Waals surface area contributed by atoms with E-state index in [9.17, 15) is 9.59 Å². The molecule has 4 N–H and O–H groups in total. The summed E-state index contributed by atoms with van der Waals surface area (Å²) in [6, 6.07) is 17.4. The lowest BCUT2D eigenvalue weighted by Gasteiger charge is -2.36. The van der Waals surface area contributed by atoms with Crippen molar-refractivity contribution in [3.8, 4) is 0 Å². The number of urea groups is 1. The van der Waals surface area contributed by atoms with Crippen LogP contribution in [-0.2, 0) is 13.1 Å². The van der Waals surface area contributed by atoms with Crippen molar-refractivity contribution < 1.29 is 9.59 Å². The molecule has 46 heavy (non-hydrogen) atoms. The van der Waals surface area contributed by atoms with Crippen molar-refractivity contribution in [1.29, 1.82) is 0 Å². The molecule has 0 radical (unpaired) electrons. The minimum absolute atomic E-state index is 0. The van der Waals surface area contributed by atoms with Gasteiger partial charge in [0.25, 0.3) is 5.91 Å². The normalized spacial score (nSPS) is 20.7. The number of carbonyl (C=O) groups excluding carboxylic acids is 2. The number of piperidine rings is 2. The summed E-state index contributed by atoms with van der Waals surface area (Å²) >= 11 is 0. The minimum Gasteiger partial charge on any atom is -0.364 e. The van der Waals surface area contributed by atoms with Gasteiger partial charge in [-0.2, -0.15) is 0 Å². The van der Waals surface area contributed by atoms with Crippen molar-refractivity contribution >= 4 is 41.7 Å². The zero-order chi connectivity index (χ0) is 30.8. The molecular formula is C35H45ClN8O2. The fourth-order valence-corrected chi connectivity index (χ4v) is 7.69. The molecule has 0 unspecified atom stereocenters. The van der Waals surface area contributed by atoms with E-state index < -0.39 is 5.91 Å². The summed E-state index contributed by atoms with van der Waals surface area (Å²) in [6.07, 6.45) is 11.3. The summed E-state index contributed by atoms with van der Waals surface area (Å²) in [5.74, 6) is 0.950. The highest BCUT2D eigenvalue weighted by atomic mass is 35.5. The highest BCUT2D eigenvalue weighted by molar-refractivity contribution is 5.96. The lowest BCUT2D eigenvalue weighted by molar-refractivity contribution is 0.0996. The first-order valence-electron chi connectivity index (χ1n) is 16.7. The smallest absolute Gasteiger partial charge is 0.318 e. The van der Waals surface area contributed by atoms with E-state index in [0.717, 1.165) is 31.1 Å². The molecular weight excluding hydrogens is 600 g/mol. The summed E-state index contributed by atoms with van der Waals surface area (Å²) in [7, 11) is 0. The van der Waals surface area contributed by atoms with Crippen LogP contribution in [0.25, 0.3) is 0 Å². The minimum atomic E-state index is -0.627. The van der Waals surface area contributed by atoms with E-state index in [1.807, 2.05) is 17.0 Å². The second-order valence-corrected chi connectivity index (χ2v) is 13.1. The largest absolute Gasteiger partial charge is 0.364 e. The van der Waals surface area contributed by atoms with Gasteiger partial charge in [-0.15, -0.1) is 12.4 Å². The Morgan fingerprint density at radius 2 is 1.54 bits per heavy atom. The molecule has 7 rings (SSSR count). The molecule has 4 heterocycles. The highest BCUT2D eigenvalue weighted by Gasteiger charge is 2.29. The van der Waals surface area contributed by atoms with Crippen LogP contribution >= 0.6 is 12.4 Å². The van der Waals surface area contributed by atoms with Crippen molar-refractivity contribution in [2.75, 3.05) is 36.4 Å². The van der Waals surface area contributed by atoms with Crippen molar-refractivity contribution in [3.05, 3.63) is 77.1 Å². The van der Waals surface area contributed by atoms with Gasteiger partial charge in [-0.05, 0) is 86.4 Å². The Hall–Kier alpha value is -3.89. The Morgan fingerprint density at radius 1 is 0.848 bits per heavy atom. The van der Waals surface area contributed by atoms with Crippen LogP contribution in [0.2, 0.25) is 0 Å². The van der Waals surface area contributed by atoms with E-state index in [2.05, 4.69) is 61.8 Å². The van der Waals surface area contributed by atoms with Gasteiger partial charge in [0.05, 0.1) is 6.20 Å². The van der Waals surface area contributed by atoms with Crippen LogP contribution in [0.3, 0.4) is 0 Å². The number of rotatable bonds is 7. The zero-order valence-corrected chi connectivity index (χ0v) is 27.2. The number of primary amides is 1. The average Bonchev–Trinajstić information content (AvgIpc) is 3.76. The molecule has 3 aromatic rings. The number of hydrogen-bond donors (Lipinski definition) is 3. The quantitative estimate of drug-likeness (QED) is 0.308. The number of likely N-dealkylation sites (tertiary alicyclic amines) is 1. The Balaban J connectivity index is 0.00000372. The van der Waals surface area contributed by atoms with E-state index in [-0.39, 0.29) is 30.2 Å². The first kappa shape index (κ1) is 32.1. The molecule has 11 heteroatoms. The summed E-state index contributed by atoms with van der Waals surface area (Å²) in [6.45, 7) is 5.05. The van der Waals surface area contributed by atoms with E-state index in [1.54, 1.807) is 6.20 Å². The van der Waals surface area contributed by atoms with Gasteiger partial charge in [-0.3, -0.25) is 4.79 Å². The third-order valence-corrected chi connectivity index (χ3v) is 10.2. The lowest BCUT2D eigenvalue weighted by atomic mass is 9.88. The Morgan fingerprint density at radius 3 is 2.22 bits per heavy atom. The van der Waals surface area contributed by atoms with Gasteiger partial charge in [-0.1, -0.05) is 49.2 Å². The van der Waals surface area contributed by atoms with Crippen LogP contribution in [0.1, 0.15) is 84.5 Å². The lowest BCUT2D eigenvalue weighted by Crippen LogP contribution is -2.51. The second-order valence-electron chi connectivity index (χ2n) is 13.1. The molecule has 2 saturated heterocycles. The predicted molar refractivity (Wildman–Crippen MR) is 183 cm³/mol. The molecule has 3 fully saturated rings. The number of nitrogens with one attached hydrogen (secondary N) is 2. The molecule has 1 atom stereocenters. The number of fused-ring (bicyclic) bond motifs is 1. The number of halogens is 1. The van der Waals surface area contributed by atoms with Crippen LogP contribution < -0.4 is 21.3 Å². The SMILES string of the molecule is Cl.NC(=O)c1ncc(N2CCC[C@@H](NC(=O)N3Cc4ccccc4C3)C2)nc1Nc1ccc(C2CCN(C3CCCC3)CC2)cc1. The average molecular weight is 645 g/mol. The molecule has 3 amide bonds. The monoisotopic (exact) mass is 644 g/mol. The van der Waals surface area contributed by atoms with Gasteiger partial charge in [-0.25, -0.2) is 14.8 Å². The Bertz CT molecular complexity index is 1500. The molecule has 1 saturated carbocycles. The maximum atomic E-state index is 13.1. The van der Waals surface area contributed by atoms with Gasteiger partial charge >= 0.3 is 6.03 Å². The standard InChI is InChI=1S/C35H44N8O2.ClH/c36-33(44)32-34(38-28-13-11-24(12-14-28)25-15-18-41(19-16-25)30-9-3-4-10-30)40-31(20-37-32)42-17-5-8-29(23-42)39-35(45)43-21-26-6-1-2-7-27(26)22-43;/h1-2,6-7,11-14,20,25,29-30H,3-5,8-10,15-19,21-23H2,(H2,36,44)(H,38,40)(H,39,45);1H/t29-;/m1./s1. The van der Waals surface area contributed by atoms with E-state index in [4.69, 9.17) is 10.7 Å². The van der Waals surface area contributed by atoms with Gasteiger partial charge in [0.2, 0.25) is 0 Å². The van der Waals surface area contributed by atoms with E-state index in [1.165, 1.54) is 68.3 Å². The van der Waals surface area contributed by atoms with E-state index in [0.29, 0.717) is 37.2 Å².